The summed E-state index contributed by atoms with van der Waals surface area (Å²) in [6.45, 7) is 0.180. The predicted molar refractivity (Wildman–Crippen MR) is 106 cm³/mol. The molecule has 2 heterocycles. The number of aromatic amines is 1. The Hall–Kier alpha value is -3.64. The van der Waals surface area contributed by atoms with E-state index in [9.17, 15) is 10.1 Å². The maximum Gasteiger partial charge on any atom is 0.270 e. The maximum atomic E-state index is 12.2. The molecule has 0 aliphatic carbocycles. The Morgan fingerprint density at radius 1 is 1.25 bits per heavy atom. The number of nitrogens with zero attached hydrogens (tertiary/aromatic N) is 3. The normalized spacial score (nSPS) is 12.1. The highest BCUT2D eigenvalue weighted by Crippen LogP contribution is 2.36. The molecule has 2 aromatic carbocycles. The van der Waals surface area contributed by atoms with E-state index < -0.39 is 5.56 Å². The molecule has 2 N–H and O–H groups in total. The molecule has 1 aliphatic rings. The van der Waals surface area contributed by atoms with Crippen LogP contribution >= 0.6 is 15.9 Å². The Balaban J connectivity index is 1.63. The Morgan fingerprint density at radius 3 is 2.75 bits per heavy atom. The monoisotopic (exact) mass is 437 g/mol. The molecule has 0 unspecified atom stereocenters. The average Bonchev–Trinajstić information content (AvgIpc) is 3.15. The lowest BCUT2D eigenvalue weighted by molar-refractivity contribution is 0.174. The minimum Gasteiger partial charge on any atom is -0.454 e. The number of H-pyrrole nitrogens is 1. The second-order valence-corrected chi connectivity index (χ2v) is 6.57. The van der Waals surface area contributed by atoms with E-state index in [4.69, 9.17) is 9.47 Å². The molecule has 4 rings (SSSR count). The Labute approximate surface area is 167 Å². The van der Waals surface area contributed by atoms with E-state index >= 15 is 0 Å². The van der Waals surface area contributed by atoms with Crippen molar-refractivity contribution in [1.82, 2.24) is 9.97 Å². The molecular weight excluding hydrogens is 426 g/mol. The number of ether oxygens (including phenoxy) is 2. The maximum absolute atomic E-state index is 12.2. The first-order chi connectivity index (χ1) is 13.7. The molecule has 28 heavy (non-hydrogen) atoms. The molecule has 1 aliphatic heterocycles. The van der Waals surface area contributed by atoms with Gasteiger partial charge in [0.1, 0.15) is 11.6 Å². The van der Waals surface area contributed by atoms with Gasteiger partial charge < -0.3 is 9.47 Å². The smallest absolute Gasteiger partial charge is 0.270 e. The van der Waals surface area contributed by atoms with Crippen LogP contribution in [-0.2, 0) is 0 Å². The molecule has 138 valence electrons. The van der Waals surface area contributed by atoms with Crippen LogP contribution < -0.4 is 20.5 Å². The molecule has 0 saturated heterocycles. The molecule has 0 atom stereocenters. The minimum atomic E-state index is -0.543. The van der Waals surface area contributed by atoms with Crippen molar-refractivity contribution in [2.75, 3.05) is 12.2 Å². The van der Waals surface area contributed by atoms with Crippen molar-refractivity contribution in [1.29, 1.82) is 5.26 Å². The standard InChI is InChI=1S/C19H12BrN5O3/c20-14-7-16-15(27-10-28-16)6-12(14)9-22-25-19-23-17(11-4-2-1-3-5-11)13(8-21)18(26)24-19/h1-7,9H,10H2,(H2,23,24,25,26). The van der Waals surface area contributed by atoms with E-state index in [1.165, 1.54) is 0 Å². The van der Waals surface area contributed by atoms with Crippen LogP contribution in [0.25, 0.3) is 11.3 Å². The van der Waals surface area contributed by atoms with Crippen molar-refractivity contribution in [3.05, 3.63) is 68.4 Å². The first-order valence-electron chi connectivity index (χ1n) is 8.14. The van der Waals surface area contributed by atoms with Gasteiger partial charge in [0.05, 0.1) is 11.9 Å². The number of nitrogens with one attached hydrogen (secondary N) is 2. The number of anilines is 1. The van der Waals surface area contributed by atoms with Crippen molar-refractivity contribution in [2.45, 2.75) is 0 Å². The summed E-state index contributed by atoms with van der Waals surface area (Å²) in [5, 5.41) is 13.4. The van der Waals surface area contributed by atoms with Gasteiger partial charge in [-0.3, -0.25) is 9.78 Å². The van der Waals surface area contributed by atoms with E-state index in [1.54, 1.807) is 30.5 Å². The van der Waals surface area contributed by atoms with Gasteiger partial charge in [0.2, 0.25) is 12.7 Å². The molecule has 1 aromatic heterocycles. The molecule has 0 spiro atoms. The van der Waals surface area contributed by atoms with Crippen molar-refractivity contribution in [2.24, 2.45) is 5.10 Å². The van der Waals surface area contributed by atoms with Gasteiger partial charge in [-0.25, -0.2) is 10.4 Å². The summed E-state index contributed by atoms with van der Waals surface area (Å²) < 4.78 is 11.4. The van der Waals surface area contributed by atoms with Crippen LogP contribution in [0.4, 0.5) is 5.95 Å². The van der Waals surface area contributed by atoms with Crippen LogP contribution in [0.2, 0.25) is 0 Å². The fourth-order valence-electron chi connectivity index (χ4n) is 2.63. The topological polar surface area (TPSA) is 112 Å². The third-order valence-corrected chi connectivity index (χ3v) is 4.63. The Morgan fingerprint density at radius 2 is 2.00 bits per heavy atom. The van der Waals surface area contributed by atoms with Crippen molar-refractivity contribution in [3.8, 4) is 28.8 Å². The number of hydrogen-bond acceptors (Lipinski definition) is 7. The largest absolute Gasteiger partial charge is 0.454 e. The van der Waals surface area contributed by atoms with Gasteiger partial charge in [0.25, 0.3) is 5.56 Å². The molecule has 8 nitrogen and oxygen atoms in total. The summed E-state index contributed by atoms with van der Waals surface area (Å²) in [7, 11) is 0. The predicted octanol–water partition coefficient (Wildman–Crippen LogP) is 3.25. The number of rotatable bonds is 4. The van der Waals surface area contributed by atoms with E-state index in [1.807, 2.05) is 24.3 Å². The molecule has 9 heteroatoms. The van der Waals surface area contributed by atoms with E-state index in [-0.39, 0.29) is 24.0 Å². The van der Waals surface area contributed by atoms with E-state index in [0.29, 0.717) is 17.1 Å². The quantitative estimate of drug-likeness (QED) is 0.478. The number of benzene rings is 2. The lowest BCUT2D eigenvalue weighted by Crippen LogP contribution is -2.16. The van der Waals surface area contributed by atoms with Gasteiger partial charge in [0, 0.05) is 15.6 Å². The van der Waals surface area contributed by atoms with Crippen molar-refractivity contribution >= 4 is 28.1 Å². The number of hydrogen-bond donors (Lipinski definition) is 2. The second kappa shape index (κ2) is 7.54. The lowest BCUT2D eigenvalue weighted by atomic mass is 10.1. The van der Waals surface area contributed by atoms with Crippen LogP contribution in [0, 0.1) is 11.3 Å². The summed E-state index contributed by atoms with van der Waals surface area (Å²) in [6.07, 6.45) is 1.55. The van der Waals surface area contributed by atoms with Crippen LogP contribution in [0.5, 0.6) is 11.5 Å². The van der Waals surface area contributed by atoms with Crippen molar-refractivity contribution < 1.29 is 9.47 Å². The van der Waals surface area contributed by atoms with Crippen LogP contribution in [0.15, 0.2) is 56.8 Å². The van der Waals surface area contributed by atoms with Gasteiger partial charge in [-0.15, -0.1) is 0 Å². The van der Waals surface area contributed by atoms with Crippen LogP contribution in [-0.4, -0.2) is 23.0 Å². The number of fused-ring (bicyclic) bond motifs is 1. The minimum absolute atomic E-state index is 0.0563. The molecule has 0 saturated carbocycles. The zero-order valence-electron chi connectivity index (χ0n) is 14.3. The van der Waals surface area contributed by atoms with E-state index in [2.05, 4.69) is 36.4 Å². The van der Waals surface area contributed by atoms with Crippen LogP contribution in [0.1, 0.15) is 11.1 Å². The number of hydrazone groups is 1. The number of aromatic nitrogens is 2. The highest BCUT2D eigenvalue weighted by molar-refractivity contribution is 9.10. The molecule has 0 fully saturated rings. The molecular formula is C19H12BrN5O3. The number of nitriles is 1. The Bertz CT molecular complexity index is 1170. The van der Waals surface area contributed by atoms with Gasteiger partial charge in [0.15, 0.2) is 11.5 Å². The first-order valence-corrected chi connectivity index (χ1v) is 8.93. The van der Waals surface area contributed by atoms with Gasteiger partial charge in [-0.2, -0.15) is 10.4 Å². The third kappa shape index (κ3) is 3.45. The zero-order valence-corrected chi connectivity index (χ0v) is 15.9. The van der Waals surface area contributed by atoms with Gasteiger partial charge in [-0.1, -0.05) is 30.3 Å². The lowest BCUT2D eigenvalue weighted by Gasteiger charge is -2.06. The van der Waals surface area contributed by atoms with Gasteiger partial charge >= 0.3 is 0 Å². The summed E-state index contributed by atoms with van der Waals surface area (Å²) in [5.74, 6) is 1.40. The SMILES string of the molecule is N#Cc1c(-c2ccccc2)nc(NN=Cc2cc3c(cc2Br)OCO3)[nH]c1=O. The second-order valence-electron chi connectivity index (χ2n) is 5.71. The number of halogens is 1. The molecule has 0 bridgehead atoms. The summed E-state index contributed by atoms with van der Waals surface area (Å²) >= 11 is 3.44. The summed E-state index contributed by atoms with van der Waals surface area (Å²) in [5.41, 5.74) is 3.79. The highest BCUT2D eigenvalue weighted by atomic mass is 79.9. The average molecular weight is 438 g/mol. The highest BCUT2D eigenvalue weighted by Gasteiger charge is 2.16. The van der Waals surface area contributed by atoms with Gasteiger partial charge in [-0.05, 0) is 28.1 Å². The molecule has 0 amide bonds. The fraction of sp³-hybridized carbons (Fsp3) is 0.0526. The summed E-state index contributed by atoms with van der Waals surface area (Å²) in [4.78, 5) is 19.1. The van der Waals surface area contributed by atoms with E-state index in [0.717, 1.165) is 10.0 Å². The summed E-state index contributed by atoms with van der Waals surface area (Å²) in [6, 6.07) is 14.5. The molecule has 0 radical (unpaired) electrons. The first kappa shape index (κ1) is 17.8. The third-order valence-electron chi connectivity index (χ3n) is 3.94. The Kier molecular flexibility index (Phi) is 4.78. The fourth-order valence-corrected chi connectivity index (χ4v) is 3.05. The van der Waals surface area contributed by atoms with Crippen LogP contribution in [0.3, 0.4) is 0 Å². The zero-order chi connectivity index (χ0) is 19.5. The van der Waals surface area contributed by atoms with Crippen molar-refractivity contribution in [3.63, 3.8) is 0 Å². The molecule has 3 aromatic rings.